The molecule has 7 heteroatoms. The van der Waals surface area contributed by atoms with E-state index in [0.717, 1.165) is 6.20 Å². The molecule has 1 heterocycles. The summed E-state index contributed by atoms with van der Waals surface area (Å²) in [5, 5.41) is -0.154. The first-order valence-electron chi connectivity index (χ1n) is 3.10. The predicted octanol–water partition coefficient (Wildman–Crippen LogP) is 1.49. The van der Waals surface area contributed by atoms with Crippen LogP contribution in [-0.4, -0.2) is 16.9 Å². The van der Waals surface area contributed by atoms with E-state index in [2.05, 4.69) is 9.97 Å². The molecular weight excluding hydrogens is 191 g/mol. The van der Waals surface area contributed by atoms with Gasteiger partial charge >= 0.3 is 6.98 Å². The molecule has 2 nitrogen and oxygen atoms in total. The third kappa shape index (κ3) is 1.88. The van der Waals surface area contributed by atoms with Gasteiger partial charge in [0.05, 0.1) is 5.72 Å². The van der Waals surface area contributed by atoms with Gasteiger partial charge in [0, 0.05) is 11.8 Å². The summed E-state index contributed by atoms with van der Waals surface area (Å²) >= 11 is 5.38. The van der Waals surface area contributed by atoms with Crippen molar-refractivity contribution >= 4 is 24.3 Å². The fourth-order valence-electron chi connectivity index (χ4n) is 0.592. The van der Waals surface area contributed by atoms with Crippen LogP contribution in [0.4, 0.5) is 12.9 Å². The van der Waals surface area contributed by atoms with Crippen LogP contribution < -0.4 is 5.72 Å². The van der Waals surface area contributed by atoms with E-state index in [9.17, 15) is 12.9 Å². The van der Waals surface area contributed by atoms with Gasteiger partial charge in [-0.3, -0.25) is 9.97 Å². The molecule has 0 atom stereocenters. The highest BCUT2D eigenvalue weighted by Crippen LogP contribution is 2.11. The van der Waals surface area contributed by atoms with Gasteiger partial charge in [0.25, 0.3) is 0 Å². The molecule has 12 heavy (non-hydrogen) atoms. The van der Waals surface area contributed by atoms with Crippen LogP contribution in [0.15, 0.2) is 6.20 Å². The molecule has 0 saturated heterocycles. The van der Waals surface area contributed by atoms with Crippen molar-refractivity contribution in [3.05, 3.63) is 16.9 Å². The number of nitrogens with zero attached hydrogens (tertiary/aromatic N) is 2. The van der Waals surface area contributed by atoms with Crippen LogP contribution in [0.3, 0.4) is 0 Å². The molecule has 66 valence electrons. The minimum atomic E-state index is -5.14. The van der Waals surface area contributed by atoms with Gasteiger partial charge in [0.2, 0.25) is 0 Å². The normalized spacial score (nSPS) is 11.8. The number of halogens is 4. The van der Waals surface area contributed by atoms with E-state index in [1.54, 1.807) is 0 Å². The quantitative estimate of drug-likeness (QED) is 0.501. The zero-order chi connectivity index (χ0) is 9.35. The molecule has 0 aliphatic heterocycles. The molecule has 0 saturated carbocycles. The number of hydrogen-bond acceptors (Lipinski definition) is 2. The van der Waals surface area contributed by atoms with Crippen molar-refractivity contribution in [3.8, 4) is 0 Å². The first-order chi connectivity index (χ1) is 5.41. The van der Waals surface area contributed by atoms with Gasteiger partial charge in [-0.25, -0.2) is 0 Å². The number of aromatic nitrogens is 2. The zero-order valence-corrected chi connectivity index (χ0v) is 6.82. The van der Waals surface area contributed by atoms with Gasteiger partial charge in [-0.15, -0.1) is 0 Å². The molecule has 0 aliphatic rings. The first-order valence-corrected chi connectivity index (χ1v) is 3.48. The van der Waals surface area contributed by atoms with E-state index in [4.69, 9.17) is 11.6 Å². The van der Waals surface area contributed by atoms with Gasteiger partial charge in [-0.05, 0) is 6.92 Å². The summed E-state index contributed by atoms with van der Waals surface area (Å²) < 4.78 is 35.9. The first kappa shape index (κ1) is 9.31. The Bertz CT molecular complexity index is 301. The molecule has 0 bridgehead atoms. The summed E-state index contributed by atoms with van der Waals surface area (Å²) in [5.41, 5.74) is -0.717. The lowest BCUT2D eigenvalue weighted by Crippen LogP contribution is -2.39. The highest BCUT2D eigenvalue weighted by molar-refractivity contribution is 6.72. The molecule has 0 aliphatic carbocycles. The van der Waals surface area contributed by atoms with E-state index in [1.165, 1.54) is 6.92 Å². The standard InChI is InChI=1S/C5H4BClF3N2/c1-3-2-11-5(6(8,9)10)12-4(3)7/h2H,1H3/q-1. The molecule has 0 radical (unpaired) electrons. The molecule has 0 spiro atoms. The van der Waals surface area contributed by atoms with Crippen molar-refractivity contribution in [1.82, 2.24) is 9.97 Å². The van der Waals surface area contributed by atoms with E-state index in [0.29, 0.717) is 5.56 Å². The molecule has 1 aromatic heterocycles. The van der Waals surface area contributed by atoms with Gasteiger partial charge < -0.3 is 12.9 Å². The van der Waals surface area contributed by atoms with Crippen molar-refractivity contribution in [1.29, 1.82) is 0 Å². The van der Waals surface area contributed by atoms with Crippen molar-refractivity contribution in [2.45, 2.75) is 6.92 Å². The second-order valence-corrected chi connectivity index (χ2v) is 2.63. The van der Waals surface area contributed by atoms with Crippen LogP contribution in [0, 0.1) is 6.92 Å². The van der Waals surface area contributed by atoms with Gasteiger partial charge in [0.15, 0.2) is 0 Å². The second kappa shape index (κ2) is 2.93. The Morgan fingerprint density at radius 1 is 1.42 bits per heavy atom. The highest BCUT2D eigenvalue weighted by Gasteiger charge is 2.29. The van der Waals surface area contributed by atoms with E-state index in [1.807, 2.05) is 0 Å². The van der Waals surface area contributed by atoms with Gasteiger partial charge in [-0.1, -0.05) is 11.6 Å². The molecule has 0 fully saturated rings. The average Bonchev–Trinajstić information content (AvgIpc) is 1.92. The van der Waals surface area contributed by atoms with Crippen LogP contribution in [0.1, 0.15) is 5.56 Å². The molecule has 1 rings (SSSR count). The molecule has 0 unspecified atom stereocenters. The monoisotopic (exact) mass is 195 g/mol. The van der Waals surface area contributed by atoms with Crippen LogP contribution in [0.5, 0.6) is 0 Å². The lowest BCUT2D eigenvalue weighted by atomic mass is 9.91. The maximum Gasteiger partial charge on any atom is 0.546 e. The fraction of sp³-hybridized carbons (Fsp3) is 0.200. The summed E-state index contributed by atoms with van der Waals surface area (Å²) in [6.45, 7) is -3.61. The summed E-state index contributed by atoms with van der Waals surface area (Å²) in [6.07, 6.45) is 1.06. The Hall–Kier alpha value is -0.775. The van der Waals surface area contributed by atoms with Crippen LogP contribution in [0.25, 0.3) is 0 Å². The van der Waals surface area contributed by atoms with Crippen LogP contribution >= 0.6 is 11.6 Å². The number of rotatable bonds is 1. The SMILES string of the molecule is Cc1cnc([B-](F)(F)F)nc1Cl. The molecule has 0 N–H and O–H groups in total. The van der Waals surface area contributed by atoms with Crippen molar-refractivity contribution < 1.29 is 12.9 Å². The summed E-state index contributed by atoms with van der Waals surface area (Å²) in [5.74, 6) is 0. The predicted molar refractivity (Wildman–Crippen MR) is 40.5 cm³/mol. The highest BCUT2D eigenvalue weighted by atomic mass is 35.5. The van der Waals surface area contributed by atoms with Crippen LogP contribution in [-0.2, 0) is 0 Å². The Labute approximate surface area is 71.8 Å². The average molecular weight is 195 g/mol. The minimum Gasteiger partial charge on any atom is -0.443 e. The smallest absolute Gasteiger partial charge is 0.443 e. The molecular formula is C5H4BClF3N2-. The topological polar surface area (TPSA) is 25.8 Å². The molecule has 0 aromatic carbocycles. The summed E-state index contributed by atoms with van der Waals surface area (Å²) in [4.78, 5) is 6.22. The lowest BCUT2D eigenvalue weighted by Gasteiger charge is -2.12. The summed E-state index contributed by atoms with van der Waals surface area (Å²) in [7, 11) is 0. The Morgan fingerprint density at radius 3 is 2.42 bits per heavy atom. The molecule has 1 aromatic rings. The Balaban J connectivity index is 3.14. The van der Waals surface area contributed by atoms with E-state index < -0.39 is 12.7 Å². The van der Waals surface area contributed by atoms with E-state index >= 15 is 0 Å². The number of hydrogen-bond donors (Lipinski definition) is 0. The zero-order valence-electron chi connectivity index (χ0n) is 6.06. The second-order valence-electron chi connectivity index (χ2n) is 2.28. The van der Waals surface area contributed by atoms with Gasteiger partial charge in [-0.2, -0.15) is 0 Å². The van der Waals surface area contributed by atoms with Crippen LogP contribution in [0.2, 0.25) is 5.15 Å². The molecule has 0 amide bonds. The maximum atomic E-state index is 12.0. The van der Waals surface area contributed by atoms with E-state index in [-0.39, 0.29) is 5.15 Å². The van der Waals surface area contributed by atoms with Crippen molar-refractivity contribution in [2.75, 3.05) is 0 Å². The Kier molecular flexibility index (Phi) is 2.28. The largest absolute Gasteiger partial charge is 0.546 e. The third-order valence-electron chi connectivity index (χ3n) is 1.22. The fourth-order valence-corrected chi connectivity index (χ4v) is 0.727. The Morgan fingerprint density at radius 2 is 2.00 bits per heavy atom. The summed E-state index contributed by atoms with van der Waals surface area (Å²) in [6, 6.07) is 0. The van der Waals surface area contributed by atoms with Crippen molar-refractivity contribution in [3.63, 3.8) is 0 Å². The lowest BCUT2D eigenvalue weighted by molar-refractivity contribution is 0.495. The van der Waals surface area contributed by atoms with Crippen molar-refractivity contribution in [2.24, 2.45) is 0 Å². The third-order valence-corrected chi connectivity index (χ3v) is 1.60. The number of aryl methyl sites for hydroxylation is 1. The minimum absolute atomic E-state index is 0.154. The maximum absolute atomic E-state index is 12.0. The van der Waals surface area contributed by atoms with Gasteiger partial charge in [0.1, 0.15) is 5.15 Å².